The largest absolute Gasteiger partial charge is 0.454 e. The summed E-state index contributed by atoms with van der Waals surface area (Å²) >= 11 is 0. The number of piperidine rings is 1. The van der Waals surface area contributed by atoms with Gasteiger partial charge in [0.25, 0.3) is 0 Å². The smallest absolute Gasteiger partial charge is 0.231 e. The number of hydrogen-bond donors (Lipinski definition) is 0. The van der Waals surface area contributed by atoms with Crippen LogP contribution >= 0.6 is 0 Å². The van der Waals surface area contributed by atoms with E-state index in [1.165, 1.54) is 19.3 Å². The molecular weight excluding hydrogens is 354 g/mol. The maximum Gasteiger partial charge on any atom is 0.231 e. The van der Waals surface area contributed by atoms with Gasteiger partial charge >= 0.3 is 0 Å². The minimum Gasteiger partial charge on any atom is -0.454 e. The Kier molecular flexibility index (Phi) is 6.07. The topological polar surface area (TPSA) is 54.9 Å². The SMILES string of the molecule is O=C(CCN1CCCCC1)N(Cc1ccccn1)Cc1cccc2c1OCO2. The summed E-state index contributed by atoms with van der Waals surface area (Å²) in [5.41, 5.74) is 1.86. The molecule has 2 aliphatic heterocycles. The van der Waals surface area contributed by atoms with Gasteiger partial charge in [0.05, 0.1) is 12.2 Å². The number of aromatic nitrogens is 1. The number of carbonyl (C=O) groups excluding carboxylic acids is 1. The Labute approximate surface area is 166 Å². The Morgan fingerprint density at radius 3 is 2.75 bits per heavy atom. The summed E-state index contributed by atoms with van der Waals surface area (Å²) in [6.07, 6.45) is 6.07. The van der Waals surface area contributed by atoms with Crippen LogP contribution in [0.4, 0.5) is 0 Å². The normalized spacial score (nSPS) is 16.1. The van der Waals surface area contributed by atoms with Gasteiger partial charge in [-0.05, 0) is 44.1 Å². The van der Waals surface area contributed by atoms with Crippen molar-refractivity contribution in [1.82, 2.24) is 14.8 Å². The van der Waals surface area contributed by atoms with E-state index < -0.39 is 0 Å². The summed E-state index contributed by atoms with van der Waals surface area (Å²) < 4.78 is 11.1. The summed E-state index contributed by atoms with van der Waals surface area (Å²) in [5, 5.41) is 0. The highest BCUT2D eigenvalue weighted by atomic mass is 16.7. The molecule has 0 saturated carbocycles. The van der Waals surface area contributed by atoms with Gasteiger partial charge in [-0.15, -0.1) is 0 Å². The minimum atomic E-state index is 0.146. The molecular formula is C22H27N3O3. The van der Waals surface area contributed by atoms with Crippen LogP contribution in [0.5, 0.6) is 11.5 Å². The Morgan fingerprint density at radius 2 is 1.93 bits per heavy atom. The first-order valence-electron chi connectivity index (χ1n) is 10.1. The van der Waals surface area contributed by atoms with Gasteiger partial charge in [0, 0.05) is 31.3 Å². The van der Waals surface area contributed by atoms with Crippen LogP contribution < -0.4 is 9.47 Å². The van der Waals surface area contributed by atoms with Crippen LogP contribution in [-0.2, 0) is 17.9 Å². The van der Waals surface area contributed by atoms with Gasteiger partial charge in [0.2, 0.25) is 12.7 Å². The van der Waals surface area contributed by atoms with Crippen molar-refractivity contribution in [3.63, 3.8) is 0 Å². The van der Waals surface area contributed by atoms with Crippen LogP contribution in [0.25, 0.3) is 0 Å². The second kappa shape index (κ2) is 9.06. The fourth-order valence-corrected chi connectivity index (χ4v) is 3.84. The van der Waals surface area contributed by atoms with Crippen LogP contribution in [0.15, 0.2) is 42.6 Å². The van der Waals surface area contributed by atoms with Crippen molar-refractivity contribution in [1.29, 1.82) is 0 Å². The third-order valence-electron chi connectivity index (χ3n) is 5.36. The van der Waals surface area contributed by atoms with Crippen molar-refractivity contribution in [2.24, 2.45) is 0 Å². The molecule has 0 bridgehead atoms. The monoisotopic (exact) mass is 381 g/mol. The van der Waals surface area contributed by atoms with Gasteiger partial charge in [-0.3, -0.25) is 9.78 Å². The number of hydrogen-bond acceptors (Lipinski definition) is 5. The second-order valence-electron chi connectivity index (χ2n) is 7.37. The molecule has 6 nitrogen and oxygen atoms in total. The van der Waals surface area contributed by atoms with Gasteiger partial charge in [-0.2, -0.15) is 0 Å². The second-order valence-corrected chi connectivity index (χ2v) is 7.37. The highest BCUT2D eigenvalue weighted by Gasteiger charge is 2.22. The maximum atomic E-state index is 13.1. The Balaban J connectivity index is 1.47. The number of pyridine rings is 1. The number of carbonyl (C=O) groups is 1. The molecule has 0 radical (unpaired) electrons. The number of ether oxygens (including phenoxy) is 2. The third-order valence-corrected chi connectivity index (χ3v) is 5.36. The fourth-order valence-electron chi connectivity index (χ4n) is 3.84. The molecule has 6 heteroatoms. The molecule has 0 spiro atoms. The van der Waals surface area contributed by atoms with Crippen molar-refractivity contribution in [3.8, 4) is 11.5 Å². The molecule has 0 atom stereocenters. The van der Waals surface area contributed by atoms with E-state index in [1.807, 2.05) is 41.3 Å². The average Bonchev–Trinajstić information content (AvgIpc) is 3.23. The average molecular weight is 381 g/mol. The minimum absolute atomic E-state index is 0.146. The number of nitrogens with zero attached hydrogens (tertiary/aromatic N) is 3. The Hall–Kier alpha value is -2.60. The summed E-state index contributed by atoms with van der Waals surface area (Å²) in [6.45, 7) is 4.24. The summed E-state index contributed by atoms with van der Waals surface area (Å²) in [7, 11) is 0. The van der Waals surface area contributed by atoms with Gasteiger partial charge in [0.1, 0.15) is 0 Å². The van der Waals surface area contributed by atoms with Crippen molar-refractivity contribution >= 4 is 5.91 Å². The van der Waals surface area contributed by atoms with E-state index in [1.54, 1.807) is 6.20 Å². The zero-order chi connectivity index (χ0) is 19.2. The molecule has 3 heterocycles. The lowest BCUT2D eigenvalue weighted by Crippen LogP contribution is -2.36. The highest BCUT2D eigenvalue weighted by molar-refractivity contribution is 5.76. The van der Waals surface area contributed by atoms with E-state index >= 15 is 0 Å². The number of amides is 1. The predicted molar refractivity (Wildman–Crippen MR) is 106 cm³/mol. The van der Waals surface area contributed by atoms with E-state index in [-0.39, 0.29) is 12.7 Å². The zero-order valence-electron chi connectivity index (χ0n) is 16.2. The Morgan fingerprint density at radius 1 is 1.04 bits per heavy atom. The molecule has 28 heavy (non-hydrogen) atoms. The molecule has 2 aromatic rings. The molecule has 0 N–H and O–H groups in total. The van der Waals surface area contributed by atoms with Crippen LogP contribution in [0, 0.1) is 0 Å². The predicted octanol–water partition coefficient (Wildman–Crippen LogP) is 3.22. The van der Waals surface area contributed by atoms with E-state index in [0.29, 0.717) is 19.5 Å². The number of fused-ring (bicyclic) bond motifs is 1. The zero-order valence-corrected chi connectivity index (χ0v) is 16.2. The first-order chi connectivity index (χ1) is 13.8. The number of para-hydroxylation sites is 1. The molecule has 0 unspecified atom stereocenters. The van der Waals surface area contributed by atoms with Crippen molar-refractivity contribution < 1.29 is 14.3 Å². The van der Waals surface area contributed by atoms with Crippen LogP contribution in [0.2, 0.25) is 0 Å². The first kappa shape index (κ1) is 18.7. The van der Waals surface area contributed by atoms with Crippen molar-refractivity contribution in [3.05, 3.63) is 53.9 Å². The summed E-state index contributed by atoms with van der Waals surface area (Å²) in [6, 6.07) is 11.6. The highest BCUT2D eigenvalue weighted by Crippen LogP contribution is 2.36. The molecule has 4 rings (SSSR count). The molecule has 148 valence electrons. The Bertz CT molecular complexity index is 791. The fraction of sp³-hybridized carbons (Fsp3) is 0.455. The molecule has 2 aliphatic rings. The quantitative estimate of drug-likeness (QED) is 0.737. The molecule has 1 saturated heterocycles. The standard InChI is InChI=1S/C22H27N3O3/c26-21(10-14-24-12-4-1-5-13-24)25(16-19-8-2-3-11-23-19)15-18-7-6-9-20-22(18)28-17-27-20/h2-3,6-9,11H,1,4-5,10,12-17H2. The van der Waals surface area contributed by atoms with Crippen LogP contribution in [-0.4, -0.2) is 47.1 Å². The van der Waals surface area contributed by atoms with Gasteiger partial charge in [0.15, 0.2) is 11.5 Å². The van der Waals surface area contributed by atoms with Crippen molar-refractivity contribution in [2.45, 2.75) is 38.8 Å². The summed E-state index contributed by atoms with van der Waals surface area (Å²) in [5.74, 6) is 1.64. The van der Waals surface area contributed by atoms with Gasteiger partial charge in [-0.25, -0.2) is 0 Å². The van der Waals surface area contributed by atoms with Gasteiger partial charge in [-0.1, -0.05) is 24.6 Å². The molecule has 1 aromatic heterocycles. The molecule has 1 fully saturated rings. The maximum absolute atomic E-state index is 13.1. The number of likely N-dealkylation sites (tertiary alicyclic amines) is 1. The molecule has 1 amide bonds. The lowest BCUT2D eigenvalue weighted by Gasteiger charge is -2.28. The van der Waals surface area contributed by atoms with E-state index in [2.05, 4.69) is 9.88 Å². The first-order valence-corrected chi connectivity index (χ1v) is 10.1. The molecule has 1 aromatic carbocycles. The lowest BCUT2D eigenvalue weighted by atomic mass is 10.1. The van der Waals surface area contributed by atoms with Gasteiger partial charge < -0.3 is 19.3 Å². The van der Waals surface area contributed by atoms with E-state index in [4.69, 9.17) is 9.47 Å². The number of benzene rings is 1. The lowest BCUT2D eigenvalue weighted by molar-refractivity contribution is -0.133. The van der Waals surface area contributed by atoms with Crippen molar-refractivity contribution in [2.75, 3.05) is 26.4 Å². The van der Waals surface area contributed by atoms with Crippen LogP contribution in [0.3, 0.4) is 0 Å². The third kappa shape index (κ3) is 4.62. The van der Waals surface area contributed by atoms with E-state index in [0.717, 1.165) is 42.4 Å². The van der Waals surface area contributed by atoms with Crippen LogP contribution in [0.1, 0.15) is 36.9 Å². The molecule has 0 aliphatic carbocycles. The summed E-state index contributed by atoms with van der Waals surface area (Å²) in [4.78, 5) is 21.8. The van der Waals surface area contributed by atoms with E-state index in [9.17, 15) is 4.79 Å². The number of rotatable bonds is 7.